The molecule has 0 bridgehead atoms. The van der Waals surface area contributed by atoms with Gasteiger partial charge in [-0.25, -0.2) is 0 Å². The van der Waals surface area contributed by atoms with E-state index in [4.69, 9.17) is 4.74 Å². The highest BCUT2D eigenvalue weighted by molar-refractivity contribution is 4.78. The molecule has 49 heavy (non-hydrogen) atoms. The second-order valence-electron chi connectivity index (χ2n) is 15.3. The van der Waals surface area contributed by atoms with Gasteiger partial charge in [0.05, 0.1) is 25.5 Å². The van der Waals surface area contributed by atoms with E-state index < -0.39 is 0 Å². The highest BCUT2D eigenvalue weighted by Crippen LogP contribution is 2.19. The standard InChI is InChI=1S/C44H94N4O/c1-9-17-25-33-45(34-26-18-10-2)43(46(35-27-19-11-3)36-28-20-12-4)41-49-42-44(47(37-29-21-13-5)38-30-22-14-6)48(39-31-23-15-7)40-32-24-16-8/h43-44H,9-42H2,1-8H3. The Labute approximate surface area is 311 Å². The first kappa shape index (κ1) is 48.8. The highest BCUT2D eigenvalue weighted by Gasteiger charge is 2.28. The van der Waals surface area contributed by atoms with Gasteiger partial charge in [-0.1, -0.05) is 158 Å². The van der Waals surface area contributed by atoms with Crippen molar-refractivity contribution >= 4 is 0 Å². The molecule has 0 fully saturated rings. The molecule has 0 aromatic heterocycles. The SMILES string of the molecule is CCCCCN(CCCCC)C(COCC(N(CCCCC)CCCCC)N(CCCCC)CCCCC)N(CCCCC)CCCCC. The summed E-state index contributed by atoms with van der Waals surface area (Å²) in [6.45, 7) is 30.2. The van der Waals surface area contributed by atoms with Crippen LogP contribution in [0.5, 0.6) is 0 Å². The summed E-state index contributed by atoms with van der Waals surface area (Å²) in [6, 6.07) is 0. The molecule has 0 rings (SSSR count). The summed E-state index contributed by atoms with van der Waals surface area (Å²) in [6.07, 6.45) is 32.3. The molecule has 0 heterocycles. The lowest BCUT2D eigenvalue weighted by molar-refractivity contribution is -0.0702. The Morgan fingerprint density at radius 1 is 0.265 bits per heavy atom. The second-order valence-corrected chi connectivity index (χ2v) is 15.3. The maximum Gasteiger partial charge on any atom is 0.0863 e. The molecule has 0 spiro atoms. The number of hydrogen-bond donors (Lipinski definition) is 0. The van der Waals surface area contributed by atoms with Crippen LogP contribution in [0.1, 0.15) is 209 Å². The number of hydrogen-bond acceptors (Lipinski definition) is 5. The number of nitrogens with zero attached hydrogens (tertiary/aromatic N) is 4. The lowest BCUT2D eigenvalue weighted by atomic mass is 10.1. The van der Waals surface area contributed by atoms with Crippen LogP contribution in [0.2, 0.25) is 0 Å². The normalized spacial score (nSPS) is 12.4. The minimum atomic E-state index is 0.394. The maximum atomic E-state index is 7.17. The third-order valence-corrected chi connectivity index (χ3v) is 10.6. The van der Waals surface area contributed by atoms with Gasteiger partial charge in [-0.15, -0.1) is 0 Å². The topological polar surface area (TPSA) is 22.2 Å². The molecule has 0 amide bonds. The molecular weight excluding hydrogens is 601 g/mol. The Kier molecular flexibility index (Phi) is 37.4. The molecule has 296 valence electrons. The van der Waals surface area contributed by atoms with E-state index in [2.05, 4.69) is 75.0 Å². The van der Waals surface area contributed by atoms with E-state index in [1.54, 1.807) is 0 Å². The molecule has 0 saturated carbocycles. The molecule has 0 saturated heterocycles. The van der Waals surface area contributed by atoms with Crippen molar-refractivity contribution in [3.8, 4) is 0 Å². The van der Waals surface area contributed by atoms with Crippen LogP contribution >= 0.6 is 0 Å². The molecule has 0 radical (unpaired) electrons. The Morgan fingerprint density at radius 3 is 0.571 bits per heavy atom. The van der Waals surface area contributed by atoms with Crippen molar-refractivity contribution < 1.29 is 4.74 Å². The monoisotopic (exact) mass is 695 g/mol. The molecule has 0 aliphatic rings. The van der Waals surface area contributed by atoms with Crippen molar-refractivity contribution in [1.29, 1.82) is 0 Å². The van der Waals surface area contributed by atoms with Crippen LogP contribution in [-0.2, 0) is 4.74 Å². The lowest BCUT2D eigenvalue weighted by Crippen LogP contribution is -2.55. The summed E-state index contributed by atoms with van der Waals surface area (Å²) in [5.41, 5.74) is 0. The van der Waals surface area contributed by atoms with E-state index in [9.17, 15) is 0 Å². The van der Waals surface area contributed by atoms with Gasteiger partial charge in [0.1, 0.15) is 0 Å². The van der Waals surface area contributed by atoms with Crippen molar-refractivity contribution in [2.45, 2.75) is 222 Å². The number of rotatable bonds is 40. The van der Waals surface area contributed by atoms with Crippen LogP contribution in [0.25, 0.3) is 0 Å². The first-order valence-corrected chi connectivity index (χ1v) is 22.6. The zero-order valence-electron chi connectivity index (χ0n) is 35.4. The van der Waals surface area contributed by atoms with E-state index in [1.165, 1.54) is 206 Å². The minimum absolute atomic E-state index is 0.394. The van der Waals surface area contributed by atoms with E-state index in [-0.39, 0.29) is 0 Å². The predicted molar refractivity (Wildman–Crippen MR) is 221 cm³/mol. The van der Waals surface area contributed by atoms with E-state index in [1.807, 2.05) is 0 Å². The van der Waals surface area contributed by atoms with E-state index >= 15 is 0 Å². The van der Waals surface area contributed by atoms with Crippen LogP contribution in [0.3, 0.4) is 0 Å². The van der Waals surface area contributed by atoms with Gasteiger partial charge < -0.3 is 4.74 Å². The summed E-state index contributed by atoms with van der Waals surface area (Å²) >= 11 is 0. The number of unbranched alkanes of at least 4 members (excludes halogenated alkanes) is 16. The summed E-state index contributed by atoms with van der Waals surface area (Å²) in [4.78, 5) is 11.5. The van der Waals surface area contributed by atoms with Gasteiger partial charge in [-0.05, 0) is 104 Å². The minimum Gasteiger partial charge on any atom is -0.375 e. The van der Waals surface area contributed by atoms with Crippen molar-refractivity contribution in [1.82, 2.24) is 19.6 Å². The Balaban J connectivity index is 6.46. The lowest BCUT2D eigenvalue weighted by Gasteiger charge is -2.42. The van der Waals surface area contributed by atoms with Gasteiger partial charge in [-0.3, -0.25) is 19.6 Å². The summed E-state index contributed by atoms with van der Waals surface area (Å²) in [7, 11) is 0. The van der Waals surface area contributed by atoms with Crippen molar-refractivity contribution in [2.75, 3.05) is 65.6 Å². The van der Waals surface area contributed by atoms with Gasteiger partial charge in [0.25, 0.3) is 0 Å². The molecule has 5 nitrogen and oxygen atoms in total. The molecule has 0 atom stereocenters. The van der Waals surface area contributed by atoms with Crippen LogP contribution in [0, 0.1) is 0 Å². The zero-order chi connectivity index (χ0) is 36.2. The summed E-state index contributed by atoms with van der Waals surface area (Å²) < 4.78 is 7.17. The Hall–Kier alpha value is -0.200. The van der Waals surface area contributed by atoms with Gasteiger partial charge in [0.2, 0.25) is 0 Å². The first-order valence-electron chi connectivity index (χ1n) is 22.6. The van der Waals surface area contributed by atoms with Gasteiger partial charge in [-0.2, -0.15) is 0 Å². The predicted octanol–water partition coefficient (Wildman–Crippen LogP) is 12.4. The molecule has 0 aliphatic carbocycles. The summed E-state index contributed by atoms with van der Waals surface area (Å²) in [5, 5.41) is 0. The molecule has 5 heteroatoms. The van der Waals surface area contributed by atoms with E-state index in [0.29, 0.717) is 12.3 Å². The molecule has 0 aromatic rings. The largest absolute Gasteiger partial charge is 0.375 e. The average Bonchev–Trinajstić information content (AvgIpc) is 3.10. The maximum absolute atomic E-state index is 7.17. The van der Waals surface area contributed by atoms with Crippen molar-refractivity contribution in [3.05, 3.63) is 0 Å². The van der Waals surface area contributed by atoms with Gasteiger partial charge >= 0.3 is 0 Å². The molecule has 0 unspecified atom stereocenters. The Morgan fingerprint density at radius 2 is 0.429 bits per heavy atom. The third kappa shape index (κ3) is 26.3. The molecule has 0 aliphatic heterocycles. The second kappa shape index (κ2) is 37.6. The molecular formula is C44H94N4O. The van der Waals surface area contributed by atoms with Crippen molar-refractivity contribution in [2.24, 2.45) is 0 Å². The summed E-state index contributed by atoms with van der Waals surface area (Å²) in [5.74, 6) is 0. The van der Waals surface area contributed by atoms with Crippen molar-refractivity contribution in [3.63, 3.8) is 0 Å². The van der Waals surface area contributed by atoms with Gasteiger partial charge in [0, 0.05) is 0 Å². The fourth-order valence-electron chi connectivity index (χ4n) is 7.32. The smallest absolute Gasteiger partial charge is 0.0863 e. The molecule has 0 N–H and O–H groups in total. The quantitative estimate of drug-likeness (QED) is 0.0469. The van der Waals surface area contributed by atoms with Crippen LogP contribution in [0.15, 0.2) is 0 Å². The zero-order valence-corrected chi connectivity index (χ0v) is 35.4. The third-order valence-electron chi connectivity index (χ3n) is 10.6. The fourth-order valence-corrected chi connectivity index (χ4v) is 7.32. The molecule has 0 aromatic carbocycles. The number of ether oxygens (including phenoxy) is 1. The van der Waals surface area contributed by atoms with Gasteiger partial charge in [0.15, 0.2) is 0 Å². The van der Waals surface area contributed by atoms with Crippen LogP contribution in [0.4, 0.5) is 0 Å². The van der Waals surface area contributed by atoms with E-state index in [0.717, 1.165) is 13.2 Å². The van der Waals surface area contributed by atoms with Crippen LogP contribution < -0.4 is 0 Å². The first-order chi connectivity index (χ1) is 24.1. The fraction of sp³-hybridized carbons (Fsp3) is 1.00. The highest BCUT2D eigenvalue weighted by atomic mass is 16.5. The Bertz CT molecular complexity index is 494. The van der Waals surface area contributed by atoms with Crippen LogP contribution in [-0.4, -0.2) is 97.5 Å². The average molecular weight is 695 g/mol.